The number of anilines is 1. The number of benzene rings is 2. The number of rotatable bonds is 7. The number of aliphatic hydroxyl groups excluding tert-OH is 2. The number of nitrogens with zero attached hydrogens (tertiary/aromatic N) is 1. The first-order valence-electron chi connectivity index (χ1n) is 8.66. The van der Waals surface area contributed by atoms with Crippen molar-refractivity contribution in [2.45, 2.75) is 0 Å². The number of carbonyl (C=O) groups excluding carboxylic acids is 4. The number of fused-ring (bicyclic) bond motifs is 1. The summed E-state index contributed by atoms with van der Waals surface area (Å²) in [6, 6.07) is 9.66. The van der Waals surface area contributed by atoms with Crippen LogP contribution in [-0.2, 0) is 9.47 Å². The molecule has 150 valence electrons. The van der Waals surface area contributed by atoms with Crippen molar-refractivity contribution in [2.24, 2.45) is 0 Å². The molecule has 2 aromatic rings. The zero-order chi connectivity index (χ0) is 21.0. The summed E-state index contributed by atoms with van der Waals surface area (Å²) >= 11 is 0. The van der Waals surface area contributed by atoms with Gasteiger partial charge in [-0.15, -0.1) is 0 Å². The Morgan fingerprint density at radius 3 is 1.86 bits per heavy atom. The van der Waals surface area contributed by atoms with Crippen molar-refractivity contribution in [2.75, 3.05) is 31.3 Å². The Bertz CT molecular complexity index is 967. The van der Waals surface area contributed by atoms with Crippen LogP contribution in [0.1, 0.15) is 41.4 Å². The molecular formula is C20H17NO8. The standard InChI is InChI=1S/C20H17NO8/c22-7-9-28-19(26)12-1-4-14(5-2-12)21-17(24)15-6-3-13(11-16(15)18(21)25)20(27)29-10-8-23/h1-6,11,22-23H,7-10H2. The fourth-order valence-electron chi connectivity index (χ4n) is 2.79. The third kappa shape index (κ3) is 4.00. The molecule has 0 fully saturated rings. The van der Waals surface area contributed by atoms with E-state index in [0.717, 1.165) is 4.90 Å². The molecule has 2 amide bonds. The van der Waals surface area contributed by atoms with Gasteiger partial charge < -0.3 is 19.7 Å². The summed E-state index contributed by atoms with van der Waals surface area (Å²) < 4.78 is 9.62. The van der Waals surface area contributed by atoms with Gasteiger partial charge in [0.2, 0.25) is 0 Å². The molecule has 2 aromatic carbocycles. The minimum absolute atomic E-state index is 0.0554. The highest BCUT2D eigenvalue weighted by molar-refractivity contribution is 6.34. The molecular weight excluding hydrogens is 382 g/mol. The predicted molar refractivity (Wildman–Crippen MR) is 98.8 cm³/mol. The molecule has 0 saturated carbocycles. The molecule has 0 aliphatic carbocycles. The highest BCUT2D eigenvalue weighted by Gasteiger charge is 2.37. The Hall–Kier alpha value is -3.56. The summed E-state index contributed by atoms with van der Waals surface area (Å²) in [6.45, 7) is -0.941. The molecule has 0 saturated heterocycles. The average Bonchev–Trinajstić information content (AvgIpc) is 3.00. The molecule has 0 aromatic heterocycles. The molecule has 29 heavy (non-hydrogen) atoms. The topological polar surface area (TPSA) is 130 Å². The summed E-state index contributed by atoms with van der Waals surface area (Å²) in [5.41, 5.74) is 0.731. The second kappa shape index (κ2) is 8.63. The van der Waals surface area contributed by atoms with Crippen LogP contribution in [0.2, 0.25) is 0 Å². The number of carbonyl (C=O) groups is 4. The number of ether oxygens (including phenoxy) is 2. The smallest absolute Gasteiger partial charge is 0.338 e. The molecule has 0 unspecified atom stereocenters. The molecule has 1 heterocycles. The van der Waals surface area contributed by atoms with Crippen molar-refractivity contribution >= 4 is 29.4 Å². The maximum Gasteiger partial charge on any atom is 0.338 e. The Kier molecular flexibility index (Phi) is 6.01. The van der Waals surface area contributed by atoms with Gasteiger partial charge in [-0.05, 0) is 42.5 Å². The van der Waals surface area contributed by atoms with Gasteiger partial charge in [0.05, 0.1) is 41.2 Å². The highest BCUT2D eigenvalue weighted by atomic mass is 16.5. The second-order valence-corrected chi connectivity index (χ2v) is 5.97. The number of hydrogen-bond acceptors (Lipinski definition) is 8. The average molecular weight is 399 g/mol. The van der Waals surface area contributed by atoms with Crippen molar-refractivity contribution < 1.29 is 38.9 Å². The summed E-state index contributed by atoms with van der Waals surface area (Å²) in [4.78, 5) is 50.0. The first-order chi connectivity index (χ1) is 14.0. The van der Waals surface area contributed by atoms with E-state index in [1.165, 1.54) is 42.5 Å². The van der Waals surface area contributed by atoms with E-state index < -0.39 is 23.8 Å². The van der Waals surface area contributed by atoms with Crippen LogP contribution in [0.3, 0.4) is 0 Å². The van der Waals surface area contributed by atoms with E-state index in [1.807, 2.05) is 0 Å². The molecule has 0 radical (unpaired) electrons. The van der Waals surface area contributed by atoms with Crippen LogP contribution in [0.15, 0.2) is 42.5 Å². The Labute approximate surface area is 165 Å². The SMILES string of the molecule is O=C(OCCO)c1ccc(N2C(=O)c3ccc(C(=O)OCCO)cc3C2=O)cc1. The van der Waals surface area contributed by atoms with Gasteiger partial charge in [0.15, 0.2) is 0 Å². The first kappa shape index (κ1) is 20.2. The van der Waals surface area contributed by atoms with Crippen LogP contribution >= 0.6 is 0 Å². The normalized spacial score (nSPS) is 12.7. The van der Waals surface area contributed by atoms with Crippen LogP contribution in [0.4, 0.5) is 5.69 Å². The van der Waals surface area contributed by atoms with Gasteiger partial charge >= 0.3 is 11.9 Å². The maximum absolute atomic E-state index is 12.8. The largest absolute Gasteiger partial charge is 0.460 e. The van der Waals surface area contributed by atoms with E-state index >= 15 is 0 Å². The third-order valence-electron chi connectivity index (χ3n) is 4.13. The van der Waals surface area contributed by atoms with E-state index in [4.69, 9.17) is 19.7 Å². The number of imide groups is 1. The fourth-order valence-corrected chi connectivity index (χ4v) is 2.79. The van der Waals surface area contributed by atoms with Gasteiger partial charge in [0, 0.05) is 0 Å². The lowest BCUT2D eigenvalue weighted by atomic mass is 10.1. The minimum atomic E-state index is -0.716. The van der Waals surface area contributed by atoms with E-state index in [-0.39, 0.29) is 54.4 Å². The van der Waals surface area contributed by atoms with E-state index in [2.05, 4.69) is 0 Å². The third-order valence-corrected chi connectivity index (χ3v) is 4.13. The minimum Gasteiger partial charge on any atom is -0.460 e. The zero-order valence-electron chi connectivity index (χ0n) is 15.2. The summed E-state index contributed by atoms with van der Waals surface area (Å²) in [6.07, 6.45) is 0. The van der Waals surface area contributed by atoms with Crippen LogP contribution in [0, 0.1) is 0 Å². The summed E-state index contributed by atoms with van der Waals surface area (Å²) in [5, 5.41) is 17.4. The van der Waals surface area contributed by atoms with Crippen LogP contribution in [0.5, 0.6) is 0 Å². The molecule has 9 nitrogen and oxygen atoms in total. The Morgan fingerprint density at radius 2 is 1.28 bits per heavy atom. The lowest BCUT2D eigenvalue weighted by Crippen LogP contribution is -2.29. The lowest BCUT2D eigenvalue weighted by molar-refractivity contribution is 0.0427. The van der Waals surface area contributed by atoms with Crippen molar-refractivity contribution in [1.82, 2.24) is 0 Å². The monoisotopic (exact) mass is 399 g/mol. The van der Waals surface area contributed by atoms with E-state index in [9.17, 15) is 19.2 Å². The molecule has 9 heteroatoms. The summed E-state index contributed by atoms with van der Waals surface area (Å²) in [7, 11) is 0. The van der Waals surface area contributed by atoms with E-state index in [0.29, 0.717) is 0 Å². The van der Waals surface area contributed by atoms with Gasteiger partial charge in [0.1, 0.15) is 13.2 Å². The molecule has 2 N–H and O–H groups in total. The van der Waals surface area contributed by atoms with Crippen molar-refractivity contribution in [1.29, 1.82) is 0 Å². The number of hydrogen-bond donors (Lipinski definition) is 2. The van der Waals surface area contributed by atoms with Crippen LogP contribution in [-0.4, -0.2) is 60.4 Å². The van der Waals surface area contributed by atoms with Gasteiger partial charge in [0.25, 0.3) is 11.8 Å². The van der Waals surface area contributed by atoms with E-state index in [1.54, 1.807) is 0 Å². The molecule has 0 atom stereocenters. The predicted octanol–water partition coefficient (Wildman–Crippen LogP) is 0.785. The van der Waals surface area contributed by atoms with Crippen molar-refractivity contribution in [3.8, 4) is 0 Å². The number of aliphatic hydroxyl groups is 2. The van der Waals surface area contributed by atoms with Crippen LogP contribution < -0.4 is 4.90 Å². The van der Waals surface area contributed by atoms with Gasteiger partial charge in [-0.25, -0.2) is 14.5 Å². The highest BCUT2D eigenvalue weighted by Crippen LogP contribution is 2.29. The Balaban J connectivity index is 1.83. The molecule has 1 aliphatic heterocycles. The second-order valence-electron chi connectivity index (χ2n) is 5.97. The first-order valence-corrected chi connectivity index (χ1v) is 8.66. The fraction of sp³-hybridized carbons (Fsp3) is 0.200. The van der Waals surface area contributed by atoms with Crippen molar-refractivity contribution in [3.63, 3.8) is 0 Å². The lowest BCUT2D eigenvalue weighted by Gasteiger charge is -2.14. The van der Waals surface area contributed by atoms with Gasteiger partial charge in [-0.2, -0.15) is 0 Å². The zero-order valence-corrected chi connectivity index (χ0v) is 15.2. The number of amides is 2. The maximum atomic E-state index is 12.8. The number of esters is 2. The molecule has 0 spiro atoms. The Morgan fingerprint density at radius 1 is 0.759 bits per heavy atom. The quantitative estimate of drug-likeness (QED) is 0.516. The molecule has 1 aliphatic rings. The van der Waals surface area contributed by atoms with Crippen LogP contribution in [0.25, 0.3) is 0 Å². The van der Waals surface area contributed by atoms with Gasteiger partial charge in [-0.1, -0.05) is 0 Å². The molecule has 3 rings (SSSR count). The molecule has 0 bridgehead atoms. The van der Waals surface area contributed by atoms with Gasteiger partial charge in [-0.3, -0.25) is 9.59 Å². The van der Waals surface area contributed by atoms with Crippen molar-refractivity contribution in [3.05, 3.63) is 64.7 Å². The summed E-state index contributed by atoms with van der Waals surface area (Å²) in [5.74, 6) is -2.53.